The minimum atomic E-state index is -3.31. The van der Waals surface area contributed by atoms with Gasteiger partial charge in [-0.05, 0) is 38.0 Å². The molecule has 2 rings (SSSR count). The van der Waals surface area contributed by atoms with Gasteiger partial charge in [-0.15, -0.1) is 12.4 Å². The van der Waals surface area contributed by atoms with Gasteiger partial charge in [-0.3, -0.25) is 4.79 Å². The quantitative estimate of drug-likeness (QED) is 0.705. The number of carbonyl (C=O) groups is 1. The first-order chi connectivity index (χ1) is 9.49. The summed E-state index contributed by atoms with van der Waals surface area (Å²) >= 11 is 0. The van der Waals surface area contributed by atoms with E-state index in [1.54, 1.807) is 0 Å². The molecule has 3 N–H and O–H groups in total. The summed E-state index contributed by atoms with van der Waals surface area (Å²) in [5.74, 6) is 0.412. The van der Waals surface area contributed by atoms with Crippen LogP contribution in [0.4, 0.5) is 0 Å². The lowest BCUT2D eigenvalue weighted by Gasteiger charge is -2.25. The zero-order chi connectivity index (χ0) is 14.8. The summed E-state index contributed by atoms with van der Waals surface area (Å²) in [4.78, 5) is 12.3. The Morgan fingerprint density at radius 3 is 2.57 bits per heavy atom. The van der Waals surface area contributed by atoms with E-state index >= 15 is 0 Å². The number of nitrogens with one attached hydrogen (secondary N) is 1. The average molecular weight is 340 g/mol. The highest BCUT2D eigenvalue weighted by molar-refractivity contribution is 7.89. The summed E-state index contributed by atoms with van der Waals surface area (Å²) in [6, 6.07) is -0.543. The normalized spacial score (nSPS) is 24.4. The molecular formula is C13H26ClN3O3S. The number of nitrogens with zero attached hydrogens (tertiary/aromatic N) is 1. The van der Waals surface area contributed by atoms with Crippen molar-refractivity contribution in [1.82, 2.24) is 9.62 Å². The van der Waals surface area contributed by atoms with E-state index in [4.69, 9.17) is 5.73 Å². The van der Waals surface area contributed by atoms with Crippen LogP contribution >= 0.6 is 12.4 Å². The van der Waals surface area contributed by atoms with E-state index in [1.807, 2.05) is 6.92 Å². The maximum atomic E-state index is 12.3. The highest BCUT2D eigenvalue weighted by atomic mass is 35.5. The standard InChI is InChI=1S/C13H25N3O3S.ClH/c1-2-8-20(18,19)16-7-3-4-12(16)13(17)15-11(9-14)10-5-6-10;/h10-12H,2-9,14H2,1H3,(H,15,17);1H. The zero-order valence-electron chi connectivity index (χ0n) is 12.5. The third kappa shape index (κ3) is 4.55. The molecule has 0 aromatic rings. The third-order valence-corrected chi connectivity index (χ3v) is 6.17. The van der Waals surface area contributed by atoms with Crippen molar-refractivity contribution in [2.24, 2.45) is 11.7 Å². The average Bonchev–Trinajstić information content (AvgIpc) is 3.10. The Balaban J connectivity index is 0.00000220. The third-order valence-electron chi connectivity index (χ3n) is 4.10. The lowest BCUT2D eigenvalue weighted by molar-refractivity contribution is -0.125. The monoisotopic (exact) mass is 339 g/mol. The Morgan fingerprint density at radius 2 is 2.05 bits per heavy atom. The van der Waals surface area contributed by atoms with Crippen molar-refractivity contribution in [2.75, 3.05) is 18.8 Å². The second kappa shape index (κ2) is 7.76. The van der Waals surface area contributed by atoms with Gasteiger partial charge in [-0.1, -0.05) is 6.92 Å². The molecule has 0 aromatic heterocycles. The molecule has 2 unspecified atom stereocenters. The summed E-state index contributed by atoms with van der Waals surface area (Å²) < 4.78 is 25.7. The van der Waals surface area contributed by atoms with Crippen LogP contribution in [-0.4, -0.2) is 49.6 Å². The summed E-state index contributed by atoms with van der Waals surface area (Å²) in [7, 11) is -3.31. The molecule has 0 radical (unpaired) electrons. The first-order valence-corrected chi connectivity index (χ1v) is 9.10. The fourth-order valence-corrected chi connectivity index (χ4v) is 4.60. The number of nitrogens with two attached hydrogens (primary N) is 1. The molecule has 1 aliphatic carbocycles. The van der Waals surface area contributed by atoms with E-state index in [0.717, 1.165) is 19.3 Å². The predicted molar refractivity (Wildman–Crippen MR) is 84.8 cm³/mol. The van der Waals surface area contributed by atoms with Gasteiger partial charge in [-0.2, -0.15) is 4.31 Å². The molecule has 1 amide bonds. The molecule has 8 heteroatoms. The van der Waals surface area contributed by atoms with Gasteiger partial charge in [-0.25, -0.2) is 8.42 Å². The van der Waals surface area contributed by atoms with Crippen LogP contribution in [-0.2, 0) is 14.8 Å². The van der Waals surface area contributed by atoms with Crippen molar-refractivity contribution in [3.63, 3.8) is 0 Å². The first-order valence-electron chi connectivity index (χ1n) is 7.49. The zero-order valence-corrected chi connectivity index (χ0v) is 14.1. The van der Waals surface area contributed by atoms with Crippen LogP contribution in [0.1, 0.15) is 39.0 Å². The number of rotatable bonds is 7. The molecule has 1 saturated heterocycles. The maximum Gasteiger partial charge on any atom is 0.238 e. The number of sulfonamides is 1. The number of amides is 1. The van der Waals surface area contributed by atoms with Crippen LogP contribution in [0.25, 0.3) is 0 Å². The molecule has 1 saturated carbocycles. The molecule has 124 valence electrons. The van der Waals surface area contributed by atoms with Gasteiger partial charge in [0.15, 0.2) is 0 Å². The second-order valence-corrected chi connectivity index (χ2v) is 7.81. The van der Waals surface area contributed by atoms with Crippen LogP contribution in [0.15, 0.2) is 0 Å². The topological polar surface area (TPSA) is 92.5 Å². The van der Waals surface area contributed by atoms with Gasteiger partial charge in [0.2, 0.25) is 15.9 Å². The molecule has 1 aliphatic heterocycles. The Bertz CT molecular complexity index is 454. The van der Waals surface area contributed by atoms with Crippen molar-refractivity contribution in [2.45, 2.75) is 51.1 Å². The molecule has 0 aromatic carbocycles. The molecule has 2 fully saturated rings. The number of carbonyl (C=O) groups excluding carboxylic acids is 1. The van der Waals surface area contributed by atoms with E-state index in [2.05, 4.69) is 5.32 Å². The van der Waals surface area contributed by atoms with Crippen molar-refractivity contribution in [3.05, 3.63) is 0 Å². The Labute approximate surface area is 133 Å². The smallest absolute Gasteiger partial charge is 0.238 e. The predicted octanol–water partition coefficient (Wildman–Crippen LogP) is 0.466. The Hall–Kier alpha value is -0.370. The molecule has 2 atom stereocenters. The van der Waals surface area contributed by atoms with Crippen LogP contribution < -0.4 is 11.1 Å². The molecule has 1 heterocycles. The van der Waals surface area contributed by atoms with Crippen LogP contribution in [0.3, 0.4) is 0 Å². The van der Waals surface area contributed by atoms with E-state index < -0.39 is 16.1 Å². The Kier molecular flexibility index (Phi) is 6.90. The van der Waals surface area contributed by atoms with Crippen LogP contribution in [0.5, 0.6) is 0 Å². The molecule has 21 heavy (non-hydrogen) atoms. The van der Waals surface area contributed by atoms with Gasteiger partial charge in [0, 0.05) is 19.1 Å². The Morgan fingerprint density at radius 1 is 1.38 bits per heavy atom. The minimum absolute atomic E-state index is 0. The highest BCUT2D eigenvalue weighted by Gasteiger charge is 2.40. The summed E-state index contributed by atoms with van der Waals surface area (Å²) in [6.45, 7) is 2.71. The van der Waals surface area contributed by atoms with Crippen LogP contribution in [0, 0.1) is 5.92 Å². The van der Waals surface area contributed by atoms with E-state index in [1.165, 1.54) is 4.31 Å². The van der Waals surface area contributed by atoms with Crippen molar-refractivity contribution in [3.8, 4) is 0 Å². The van der Waals surface area contributed by atoms with Gasteiger partial charge in [0.25, 0.3) is 0 Å². The SMILES string of the molecule is CCCS(=O)(=O)N1CCCC1C(=O)NC(CN)C1CC1.Cl. The first kappa shape index (κ1) is 18.7. The largest absolute Gasteiger partial charge is 0.350 e. The highest BCUT2D eigenvalue weighted by Crippen LogP contribution is 2.32. The van der Waals surface area contributed by atoms with Crippen molar-refractivity contribution in [1.29, 1.82) is 0 Å². The van der Waals surface area contributed by atoms with E-state index in [9.17, 15) is 13.2 Å². The van der Waals surface area contributed by atoms with E-state index in [-0.39, 0.29) is 30.1 Å². The molecule has 0 spiro atoms. The minimum Gasteiger partial charge on any atom is -0.350 e. The lowest BCUT2D eigenvalue weighted by Crippen LogP contribution is -2.51. The summed E-state index contributed by atoms with van der Waals surface area (Å²) in [6.07, 6.45) is 4.13. The number of hydrogen-bond acceptors (Lipinski definition) is 4. The molecule has 0 bridgehead atoms. The molecular weight excluding hydrogens is 314 g/mol. The van der Waals surface area contributed by atoms with Gasteiger partial charge in [0.05, 0.1) is 5.75 Å². The van der Waals surface area contributed by atoms with Crippen molar-refractivity contribution < 1.29 is 13.2 Å². The van der Waals surface area contributed by atoms with Crippen molar-refractivity contribution >= 4 is 28.3 Å². The van der Waals surface area contributed by atoms with Gasteiger partial charge >= 0.3 is 0 Å². The fourth-order valence-electron chi connectivity index (χ4n) is 2.86. The summed E-state index contributed by atoms with van der Waals surface area (Å²) in [5.41, 5.74) is 5.68. The lowest BCUT2D eigenvalue weighted by atomic mass is 10.1. The second-order valence-electron chi connectivity index (χ2n) is 5.77. The van der Waals surface area contributed by atoms with E-state index in [0.29, 0.717) is 31.8 Å². The maximum absolute atomic E-state index is 12.3. The number of halogens is 1. The molecule has 6 nitrogen and oxygen atoms in total. The number of hydrogen-bond donors (Lipinski definition) is 2. The fraction of sp³-hybridized carbons (Fsp3) is 0.923. The summed E-state index contributed by atoms with van der Waals surface area (Å²) in [5, 5.41) is 2.94. The van der Waals surface area contributed by atoms with Crippen LogP contribution in [0.2, 0.25) is 0 Å². The van der Waals surface area contributed by atoms with Gasteiger partial charge in [0.1, 0.15) is 6.04 Å². The van der Waals surface area contributed by atoms with Gasteiger partial charge < -0.3 is 11.1 Å². The molecule has 2 aliphatic rings.